The van der Waals surface area contributed by atoms with Crippen molar-refractivity contribution in [1.82, 2.24) is 0 Å². The molecule has 0 aliphatic heterocycles. The van der Waals surface area contributed by atoms with E-state index in [1.165, 1.54) is 18.2 Å². The smallest absolute Gasteiger partial charge is 0.157 e. The van der Waals surface area contributed by atoms with Crippen LogP contribution in [0, 0.1) is 5.82 Å². The molecule has 0 radical (unpaired) electrons. The monoisotopic (exact) mass is 242 g/mol. The molecule has 2 aromatic rings. The highest BCUT2D eigenvalue weighted by Crippen LogP contribution is 2.23. The highest BCUT2D eigenvalue weighted by Gasteiger charge is 2.14. The summed E-state index contributed by atoms with van der Waals surface area (Å²) in [6.07, 6.45) is 0. The van der Waals surface area contributed by atoms with Gasteiger partial charge in [-0.25, -0.2) is 12.8 Å². The number of sulfone groups is 1. The number of hydrogen-bond acceptors (Lipinski definition) is 3. The van der Waals surface area contributed by atoms with Crippen molar-refractivity contribution in [2.75, 3.05) is 5.75 Å². The lowest BCUT2D eigenvalue weighted by Crippen LogP contribution is -2.05. The summed E-state index contributed by atoms with van der Waals surface area (Å²) in [6, 6.07) is 5.90. The summed E-state index contributed by atoms with van der Waals surface area (Å²) < 4.78 is 41.3. The van der Waals surface area contributed by atoms with Gasteiger partial charge in [-0.2, -0.15) is 0 Å². The zero-order chi connectivity index (χ0) is 11.8. The van der Waals surface area contributed by atoms with Gasteiger partial charge in [0, 0.05) is 5.75 Å². The summed E-state index contributed by atoms with van der Waals surface area (Å²) in [4.78, 5) is 0. The van der Waals surface area contributed by atoms with E-state index in [4.69, 9.17) is 4.42 Å². The first kappa shape index (κ1) is 11.1. The Kier molecular flexibility index (Phi) is 2.71. The first-order valence-corrected chi connectivity index (χ1v) is 6.71. The fourth-order valence-electron chi connectivity index (χ4n) is 1.47. The van der Waals surface area contributed by atoms with E-state index in [0.717, 1.165) is 0 Å². The predicted molar refractivity (Wildman–Crippen MR) is 59.3 cm³/mol. The lowest BCUT2D eigenvalue weighted by Gasteiger charge is -1.95. The van der Waals surface area contributed by atoms with Gasteiger partial charge in [0.25, 0.3) is 0 Å². The van der Waals surface area contributed by atoms with Gasteiger partial charge in [-0.3, -0.25) is 0 Å². The molecule has 0 aliphatic carbocycles. The van der Waals surface area contributed by atoms with Gasteiger partial charge < -0.3 is 4.42 Å². The first-order valence-electron chi connectivity index (χ1n) is 4.89. The Labute approximate surface area is 92.8 Å². The third-order valence-electron chi connectivity index (χ3n) is 2.36. The van der Waals surface area contributed by atoms with Crippen LogP contribution < -0.4 is 0 Å². The lowest BCUT2D eigenvalue weighted by molar-refractivity contribution is 0.554. The lowest BCUT2D eigenvalue weighted by atomic mass is 10.2. The van der Waals surface area contributed by atoms with Gasteiger partial charge in [0.05, 0.1) is 5.39 Å². The second-order valence-electron chi connectivity index (χ2n) is 3.54. The van der Waals surface area contributed by atoms with E-state index in [9.17, 15) is 12.8 Å². The van der Waals surface area contributed by atoms with Crippen LogP contribution in [-0.2, 0) is 15.6 Å². The number of hydrogen-bond donors (Lipinski definition) is 0. The van der Waals surface area contributed by atoms with Gasteiger partial charge in [0.2, 0.25) is 0 Å². The Bertz CT molecular complexity index is 613. The van der Waals surface area contributed by atoms with Gasteiger partial charge in [0.15, 0.2) is 9.84 Å². The Morgan fingerprint density at radius 1 is 1.38 bits per heavy atom. The minimum absolute atomic E-state index is 0.0481. The average Bonchev–Trinajstić information content (AvgIpc) is 2.61. The van der Waals surface area contributed by atoms with Crippen molar-refractivity contribution >= 4 is 20.8 Å². The van der Waals surface area contributed by atoms with Crippen LogP contribution in [0.5, 0.6) is 0 Å². The molecular formula is C11H11FO3S. The van der Waals surface area contributed by atoms with Crippen molar-refractivity contribution in [2.45, 2.75) is 12.7 Å². The van der Waals surface area contributed by atoms with Gasteiger partial charge in [-0.15, -0.1) is 0 Å². The van der Waals surface area contributed by atoms with Crippen molar-refractivity contribution < 1.29 is 17.2 Å². The normalized spacial score (nSPS) is 12.1. The van der Waals surface area contributed by atoms with E-state index in [1.807, 2.05) is 0 Å². The summed E-state index contributed by atoms with van der Waals surface area (Å²) in [5.74, 6) is -0.257. The van der Waals surface area contributed by atoms with E-state index in [0.29, 0.717) is 11.0 Å². The van der Waals surface area contributed by atoms with Crippen LogP contribution in [0.1, 0.15) is 12.7 Å². The van der Waals surface area contributed by atoms with Crippen LogP contribution in [0.25, 0.3) is 11.0 Å². The molecule has 5 heteroatoms. The van der Waals surface area contributed by atoms with Crippen LogP contribution in [0.2, 0.25) is 0 Å². The Morgan fingerprint density at radius 2 is 2.12 bits per heavy atom. The van der Waals surface area contributed by atoms with Gasteiger partial charge in [-0.05, 0) is 18.2 Å². The molecule has 3 nitrogen and oxygen atoms in total. The minimum atomic E-state index is -3.15. The molecule has 1 aromatic heterocycles. The van der Waals surface area contributed by atoms with E-state index in [-0.39, 0.29) is 17.3 Å². The zero-order valence-electron chi connectivity index (χ0n) is 8.73. The molecule has 0 fully saturated rings. The molecule has 0 saturated heterocycles. The van der Waals surface area contributed by atoms with Crippen LogP contribution in [0.4, 0.5) is 4.39 Å². The summed E-state index contributed by atoms with van der Waals surface area (Å²) in [6.45, 7) is 1.57. The molecule has 2 rings (SSSR count). The standard InChI is InChI=1S/C11H11FO3S/c1-2-16(13,14)7-8-6-9-10(12)4-3-5-11(9)15-8/h3-6H,2,7H2,1H3. The molecule has 1 aromatic carbocycles. The molecule has 0 aliphatic rings. The summed E-state index contributed by atoms with van der Waals surface area (Å²) in [7, 11) is -3.15. The summed E-state index contributed by atoms with van der Waals surface area (Å²) in [5, 5.41) is 0.323. The van der Waals surface area contributed by atoms with E-state index in [1.54, 1.807) is 13.0 Å². The number of benzene rings is 1. The number of furan rings is 1. The Hall–Kier alpha value is -1.36. The van der Waals surface area contributed by atoms with Crippen LogP contribution in [0.15, 0.2) is 28.7 Å². The SMILES string of the molecule is CCS(=O)(=O)Cc1cc2c(F)cccc2o1. The number of rotatable bonds is 3. The molecule has 86 valence electrons. The topological polar surface area (TPSA) is 47.3 Å². The number of halogens is 1. The first-order chi connectivity index (χ1) is 7.52. The third kappa shape index (κ3) is 2.09. The zero-order valence-corrected chi connectivity index (χ0v) is 9.55. The molecule has 0 spiro atoms. The third-order valence-corrected chi connectivity index (χ3v) is 3.97. The van der Waals surface area contributed by atoms with E-state index < -0.39 is 15.7 Å². The highest BCUT2D eigenvalue weighted by atomic mass is 32.2. The Balaban J connectivity index is 2.45. The van der Waals surface area contributed by atoms with Gasteiger partial charge >= 0.3 is 0 Å². The van der Waals surface area contributed by atoms with Crippen LogP contribution in [0.3, 0.4) is 0 Å². The molecule has 0 N–H and O–H groups in total. The quantitative estimate of drug-likeness (QED) is 0.830. The summed E-state index contributed by atoms with van der Waals surface area (Å²) >= 11 is 0. The predicted octanol–water partition coefficient (Wildman–Crippen LogP) is 2.51. The minimum Gasteiger partial charge on any atom is -0.460 e. The second-order valence-corrected chi connectivity index (χ2v) is 5.89. The second kappa shape index (κ2) is 3.90. The van der Waals surface area contributed by atoms with E-state index >= 15 is 0 Å². The van der Waals surface area contributed by atoms with Gasteiger partial charge in [0.1, 0.15) is 22.9 Å². The average molecular weight is 242 g/mol. The maximum atomic E-state index is 13.3. The highest BCUT2D eigenvalue weighted by molar-refractivity contribution is 7.90. The molecule has 0 amide bonds. The van der Waals surface area contributed by atoms with Crippen molar-refractivity contribution in [2.24, 2.45) is 0 Å². The largest absolute Gasteiger partial charge is 0.460 e. The molecule has 16 heavy (non-hydrogen) atoms. The maximum Gasteiger partial charge on any atom is 0.157 e. The fraction of sp³-hybridized carbons (Fsp3) is 0.273. The maximum absolute atomic E-state index is 13.3. The molecule has 1 heterocycles. The van der Waals surface area contributed by atoms with Crippen molar-refractivity contribution in [3.05, 3.63) is 35.8 Å². The summed E-state index contributed by atoms with van der Waals surface area (Å²) in [5.41, 5.74) is 0.376. The molecular weight excluding hydrogens is 231 g/mol. The van der Waals surface area contributed by atoms with Crippen molar-refractivity contribution in [3.8, 4) is 0 Å². The fourth-order valence-corrected chi connectivity index (χ4v) is 2.25. The van der Waals surface area contributed by atoms with Crippen molar-refractivity contribution in [1.29, 1.82) is 0 Å². The molecule has 0 saturated carbocycles. The van der Waals surface area contributed by atoms with Gasteiger partial charge in [-0.1, -0.05) is 13.0 Å². The molecule has 0 bridgehead atoms. The van der Waals surface area contributed by atoms with Crippen molar-refractivity contribution in [3.63, 3.8) is 0 Å². The van der Waals surface area contributed by atoms with Crippen LogP contribution in [-0.4, -0.2) is 14.2 Å². The number of fused-ring (bicyclic) bond motifs is 1. The van der Waals surface area contributed by atoms with Crippen LogP contribution >= 0.6 is 0 Å². The van der Waals surface area contributed by atoms with E-state index in [2.05, 4.69) is 0 Å². The molecule has 0 atom stereocenters. The molecule has 0 unspecified atom stereocenters. The Morgan fingerprint density at radius 3 is 2.75 bits per heavy atom.